The number of benzene rings is 1. The summed E-state index contributed by atoms with van der Waals surface area (Å²) < 4.78 is 18.9. The van der Waals surface area contributed by atoms with Crippen LogP contribution in [0.1, 0.15) is 39.2 Å². The normalized spacial score (nSPS) is 14.2. The molecule has 4 heteroatoms. The number of rotatable bonds is 8. The van der Waals surface area contributed by atoms with Gasteiger partial charge in [-0.1, -0.05) is 13.8 Å². The van der Waals surface area contributed by atoms with Gasteiger partial charge in [0, 0.05) is 12.1 Å². The minimum atomic E-state index is -0.859. The Labute approximate surface area is 114 Å². The second-order valence-corrected chi connectivity index (χ2v) is 5.07. The van der Waals surface area contributed by atoms with Gasteiger partial charge in [-0.15, -0.1) is 0 Å². The summed E-state index contributed by atoms with van der Waals surface area (Å²) in [7, 11) is 0. The number of nitrogens with one attached hydrogen (secondary N) is 1. The summed E-state index contributed by atoms with van der Waals surface area (Å²) >= 11 is 0. The second-order valence-electron chi connectivity index (χ2n) is 5.07. The molecule has 19 heavy (non-hydrogen) atoms. The van der Waals surface area contributed by atoms with Crippen molar-refractivity contribution in [3.05, 3.63) is 29.6 Å². The van der Waals surface area contributed by atoms with E-state index < -0.39 is 5.60 Å². The Morgan fingerprint density at radius 1 is 1.37 bits per heavy atom. The van der Waals surface area contributed by atoms with Gasteiger partial charge in [0.15, 0.2) is 0 Å². The van der Waals surface area contributed by atoms with Gasteiger partial charge in [0.2, 0.25) is 0 Å². The first kappa shape index (κ1) is 15.9. The van der Waals surface area contributed by atoms with Crippen LogP contribution in [0.5, 0.6) is 5.75 Å². The lowest BCUT2D eigenvalue weighted by Gasteiger charge is -2.22. The molecule has 108 valence electrons. The fourth-order valence-electron chi connectivity index (χ4n) is 1.56. The van der Waals surface area contributed by atoms with Crippen LogP contribution in [-0.2, 0) is 6.54 Å². The van der Waals surface area contributed by atoms with Gasteiger partial charge < -0.3 is 15.2 Å². The molecule has 0 saturated heterocycles. The summed E-state index contributed by atoms with van der Waals surface area (Å²) in [5, 5.41) is 13.2. The average Bonchev–Trinajstić information content (AvgIpc) is 2.38. The molecule has 0 bridgehead atoms. The van der Waals surface area contributed by atoms with E-state index in [9.17, 15) is 9.50 Å². The van der Waals surface area contributed by atoms with Crippen LogP contribution in [0.2, 0.25) is 0 Å². The first-order valence-electron chi connectivity index (χ1n) is 6.83. The topological polar surface area (TPSA) is 41.5 Å². The van der Waals surface area contributed by atoms with Crippen LogP contribution in [0.4, 0.5) is 4.39 Å². The molecule has 0 saturated carbocycles. The van der Waals surface area contributed by atoms with Crippen molar-refractivity contribution >= 4 is 0 Å². The maximum atomic E-state index is 13.3. The standard InChI is InChI=1S/C15H24FNO2/c1-4-8-17-10-12-9-13(16)6-7-14(12)19-11-15(3,18)5-2/h6-7,9,17-18H,4-5,8,10-11H2,1-3H3. The maximum Gasteiger partial charge on any atom is 0.124 e. The van der Waals surface area contributed by atoms with Crippen molar-refractivity contribution < 1.29 is 14.2 Å². The Balaban J connectivity index is 2.70. The Hall–Kier alpha value is -1.13. The molecule has 0 aromatic heterocycles. The second kappa shape index (κ2) is 7.46. The highest BCUT2D eigenvalue weighted by Gasteiger charge is 2.19. The molecule has 1 rings (SSSR count). The van der Waals surface area contributed by atoms with Gasteiger partial charge in [0.25, 0.3) is 0 Å². The minimum Gasteiger partial charge on any atom is -0.490 e. The molecule has 0 aliphatic carbocycles. The van der Waals surface area contributed by atoms with Gasteiger partial charge in [-0.05, 0) is 44.5 Å². The van der Waals surface area contributed by atoms with Gasteiger partial charge in [-0.25, -0.2) is 4.39 Å². The van der Waals surface area contributed by atoms with Gasteiger partial charge in [0.1, 0.15) is 18.2 Å². The zero-order valence-electron chi connectivity index (χ0n) is 12.0. The summed E-state index contributed by atoms with van der Waals surface area (Å²) in [5.41, 5.74) is -0.0805. The average molecular weight is 269 g/mol. The molecule has 0 spiro atoms. The van der Waals surface area contributed by atoms with Crippen molar-refractivity contribution in [3.63, 3.8) is 0 Å². The highest BCUT2D eigenvalue weighted by atomic mass is 19.1. The van der Waals surface area contributed by atoms with E-state index in [2.05, 4.69) is 12.2 Å². The third-order valence-corrected chi connectivity index (χ3v) is 3.07. The number of halogens is 1. The Kier molecular flexibility index (Phi) is 6.25. The SMILES string of the molecule is CCCNCc1cc(F)ccc1OCC(C)(O)CC. The van der Waals surface area contributed by atoms with Crippen LogP contribution >= 0.6 is 0 Å². The monoisotopic (exact) mass is 269 g/mol. The Morgan fingerprint density at radius 3 is 2.74 bits per heavy atom. The molecule has 1 unspecified atom stereocenters. The van der Waals surface area contributed by atoms with E-state index in [0.717, 1.165) is 18.5 Å². The van der Waals surface area contributed by atoms with Gasteiger partial charge in [-0.2, -0.15) is 0 Å². The van der Waals surface area contributed by atoms with Crippen molar-refractivity contribution in [1.29, 1.82) is 0 Å². The molecule has 1 atom stereocenters. The predicted octanol–water partition coefficient (Wildman–Crippen LogP) is 2.87. The summed E-state index contributed by atoms with van der Waals surface area (Å²) in [4.78, 5) is 0. The van der Waals surface area contributed by atoms with Crippen LogP contribution in [0, 0.1) is 5.82 Å². The Morgan fingerprint density at radius 2 is 2.11 bits per heavy atom. The van der Waals surface area contributed by atoms with Crippen LogP contribution < -0.4 is 10.1 Å². The van der Waals surface area contributed by atoms with Crippen molar-refractivity contribution in [1.82, 2.24) is 5.32 Å². The van der Waals surface area contributed by atoms with Crippen LogP contribution in [0.15, 0.2) is 18.2 Å². The van der Waals surface area contributed by atoms with Crippen molar-refractivity contribution in [2.24, 2.45) is 0 Å². The van der Waals surface area contributed by atoms with Crippen LogP contribution in [0.25, 0.3) is 0 Å². The quantitative estimate of drug-likeness (QED) is 0.713. The molecule has 0 fully saturated rings. The first-order chi connectivity index (χ1) is 8.98. The highest BCUT2D eigenvalue weighted by Crippen LogP contribution is 2.21. The lowest BCUT2D eigenvalue weighted by atomic mass is 10.1. The van der Waals surface area contributed by atoms with Gasteiger partial charge in [0.05, 0.1) is 5.60 Å². The molecule has 0 heterocycles. The van der Waals surface area contributed by atoms with Crippen molar-refractivity contribution in [2.45, 2.75) is 45.8 Å². The molecule has 3 nitrogen and oxygen atoms in total. The molecule has 1 aromatic rings. The fourth-order valence-corrected chi connectivity index (χ4v) is 1.56. The summed E-state index contributed by atoms with van der Waals surface area (Å²) in [6, 6.07) is 4.46. The lowest BCUT2D eigenvalue weighted by molar-refractivity contribution is 0.00814. The van der Waals surface area contributed by atoms with E-state index in [1.807, 2.05) is 6.92 Å². The summed E-state index contributed by atoms with van der Waals surface area (Å²) in [6.07, 6.45) is 1.63. The van der Waals surface area contributed by atoms with E-state index in [-0.39, 0.29) is 12.4 Å². The summed E-state index contributed by atoms with van der Waals surface area (Å²) in [6.45, 7) is 7.35. The lowest BCUT2D eigenvalue weighted by Crippen LogP contribution is -2.31. The first-order valence-corrected chi connectivity index (χ1v) is 6.83. The number of hydrogen-bond acceptors (Lipinski definition) is 3. The van der Waals surface area contributed by atoms with Crippen molar-refractivity contribution in [2.75, 3.05) is 13.2 Å². The van der Waals surface area contributed by atoms with Crippen molar-refractivity contribution in [3.8, 4) is 5.75 Å². The van der Waals surface area contributed by atoms with Crippen LogP contribution in [-0.4, -0.2) is 23.9 Å². The zero-order chi connectivity index (χ0) is 14.3. The van der Waals surface area contributed by atoms with Gasteiger partial charge in [-0.3, -0.25) is 0 Å². The highest BCUT2D eigenvalue weighted by molar-refractivity contribution is 5.34. The molecule has 0 aliphatic heterocycles. The number of aliphatic hydroxyl groups is 1. The van der Waals surface area contributed by atoms with E-state index in [0.29, 0.717) is 18.7 Å². The smallest absolute Gasteiger partial charge is 0.124 e. The third kappa shape index (κ3) is 5.57. The largest absolute Gasteiger partial charge is 0.490 e. The van der Waals surface area contributed by atoms with Gasteiger partial charge >= 0.3 is 0 Å². The van der Waals surface area contributed by atoms with E-state index in [1.165, 1.54) is 12.1 Å². The van der Waals surface area contributed by atoms with E-state index in [1.54, 1.807) is 13.0 Å². The molecule has 0 amide bonds. The molecule has 2 N–H and O–H groups in total. The zero-order valence-corrected chi connectivity index (χ0v) is 12.0. The summed E-state index contributed by atoms with van der Waals surface area (Å²) in [5.74, 6) is 0.349. The maximum absolute atomic E-state index is 13.3. The number of hydrogen-bond donors (Lipinski definition) is 2. The van der Waals surface area contributed by atoms with Crippen LogP contribution in [0.3, 0.4) is 0 Å². The molecule has 1 aromatic carbocycles. The molecule has 0 radical (unpaired) electrons. The fraction of sp³-hybridized carbons (Fsp3) is 0.600. The molecular weight excluding hydrogens is 245 g/mol. The van der Waals surface area contributed by atoms with E-state index in [4.69, 9.17) is 4.74 Å². The molecular formula is C15H24FNO2. The van der Waals surface area contributed by atoms with E-state index >= 15 is 0 Å². The Bertz CT molecular complexity index is 394. The third-order valence-electron chi connectivity index (χ3n) is 3.07. The minimum absolute atomic E-state index is 0.204. The molecule has 0 aliphatic rings. The predicted molar refractivity (Wildman–Crippen MR) is 74.8 cm³/mol. The number of ether oxygens (including phenoxy) is 1.